The second-order valence-corrected chi connectivity index (χ2v) is 6.46. The second-order valence-electron chi connectivity index (χ2n) is 6.02. The van der Waals surface area contributed by atoms with Crippen molar-refractivity contribution in [2.24, 2.45) is 0 Å². The van der Waals surface area contributed by atoms with Crippen molar-refractivity contribution in [3.8, 4) is 11.5 Å². The number of benzene rings is 1. The normalized spacial score (nSPS) is 10.7. The van der Waals surface area contributed by atoms with E-state index in [2.05, 4.69) is 9.97 Å². The number of fused-ring (bicyclic) bond motifs is 1. The highest BCUT2D eigenvalue weighted by Crippen LogP contribution is 2.25. The van der Waals surface area contributed by atoms with Gasteiger partial charge in [0.1, 0.15) is 29.3 Å². The number of para-hydroxylation sites is 1. The fourth-order valence-electron chi connectivity index (χ4n) is 2.68. The van der Waals surface area contributed by atoms with Gasteiger partial charge >= 0.3 is 5.97 Å². The third-order valence-electron chi connectivity index (χ3n) is 4.00. The minimum atomic E-state index is -0.595. The smallest absolute Gasteiger partial charge is 0.342 e. The standard InChI is InChI=1S/C21H14ClN3O4/c22-14-7-8-19-24-15(10-20(26)25(19)12-14)13-28-21(27)17-5-1-2-6-18(17)29-16-4-3-9-23-11-16/h1-12H,13H2. The van der Waals surface area contributed by atoms with Gasteiger partial charge in [-0.3, -0.25) is 14.2 Å². The van der Waals surface area contributed by atoms with Crippen LogP contribution in [0, 0.1) is 0 Å². The number of rotatable bonds is 5. The lowest BCUT2D eigenvalue weighted by Gasteiger charge is -2.11. The predicted octanol–water partition coefficient (Wildman–Crippen LogP) is 3.89. The quantitative estimate of drug-likeness (QED) is 0.467. The van der Waals surface area contributed by atoms with Crippen molar-refractivity contribution in [3.05, 3.63) is 99.8 Å². The first-order chi connectivity index (χ1) is 14.1. The summed E-state index contributed by atoms with van der Waals surface area (Å²) in [5.41, 5.74) is 0.675. The fourth-order valence-corrected chi connectivity index (χ4v) is 2.84. The van der Waals surface area contributed by atoms with Gasteiger partial charge < -0.3 is 9.47 Å². The van der Waals surface area contributed by atoms with E-state index in [0.717, 1.165) is 0 Å². The van der Waals surface area contributed by atoms with Crippen LogP contribution in [0.25, 0.3) is 5.65 Å². The van der Waals surface area contributed by atoms with Crippen LogP contribution in [0.4, 0.5) is 0 Å². The van der Waals surface area contributed by atoms with Crippen molar-refractivity contribution in [2.75, 3.05) is 0 Å². The number of pyridine rings is 2. The van der Waals surface area contributed by atoms with E-state index in [1.807, 2.05) is 0 Å². The van der Waals surface area contributed by atoms with Crippen molar-refractivity contribution in [1.82, 2.24) is 14.4 Å². The van der Waals surface area contributed by atoms with Crippen molar-refractivity contribution in [2.45, 2.75) is 6.61 Å². The summed E-state index contributed by atoms with van der Waals surface area (Å²) >= 11 is 5.90. The first-order valence-corrected chi connectivity index (χ1v) is 9.00. The van der Waals surface area contributed by atoms with Gasteiger partial charge in [0.25, 0.3) is 5.56 Å². The molecule has 4 rings (SSSR count). The third kappa shape index (κ3) is 4.25. The van der Waals surface area contributed by atoms with E-state index in [9.17, 15) is 9.59 Å². The first-order valence-electron chi connectivity index (χ1n) is 8.62. The van der Waals surface area contributed by atoms with Gasteiger partial charge in [-0.15, -0.1) is 0 Å². The highest BCUT2D eigenvalue weighted by molar-refractivity contribution is 6.30. The number of hydrogen-bond donors (Lipinski definition) is 0. The van der Waals surface area contributed by atoms with Crippen molar-refractivity contribution >= 4 is 23.2 Å². The molecule has 0 aliphatic carbocycles. The number of halogens is 1. The summed E-state index contributed by atoms with van der Waals surface area (Å²) in [6.45, 7) is -0.158. The largest absolute Gasteiger partial charge is 0.455 e. The van der Waals surface area contributed by atoms with E-state index >= 15 is 0 Å². The molecule has 3 aromatic heterocycles. The van der Waals surface area contributed by atoms with E-state index in [1.54, 1.807) is 60.9 Å². The Balaban J connectivity index is 1.53. The van der Waals surface area contributed by atoms with Gasteiger partial charge in [0.15, 0.2) is 0 Å². The molecule has 0 fully saturated rings. The molecule has 4 aromatic rings. The zero-order valence-electron chi connectivity index (χ0n) is 15.0. The van der Waals surface area contributed by atoms with E-state index in [-0.39, 0.29) is 17.7 Å². The summed E-state index contributed by atoms with van der Waals surface area (Å²) in [7, 11) is 0. The molecule has 0 amide bonds. The van der Waals surface area contributed by atoms with Crippen molar-refractivity contribution in [3.63, 3.8) is 0 Å². The number of ether oxygens (including phenoxy) is 2. The molecule has 144 valence electrons. The van der Waals surface area contributed by atoms with Gasteiger partial charge in [0.05, 0.1) is 16.9 Å². The molecular formula is C21H14ClN3O4. The van der Waals surface area contributed by atoms with Crippen LogP contribution in [0.1, 0.15) is 16.1 Å². The molecule has 8 heteroatoms. The topological polar surface area (TPSA) is 82.8 Å². The summed E-state index contributed by atoms with van der Waals surface area (Å²) in [6, 6.07) is 14.7. The number of aromatic nitrogens is 3. The van der Waals surface area contributed by atoms with Gasteiger partial charge in [-0.05, 0) is 36.4 Å². The number of carbonyl (C=O) groups excluding carboxylic acids is 1. The van der Waals surface area contributed by atoms with Crippen LogP contribution in [0.5, 0.6) is 11.5 Å². The SMILES string of the molecule is O=C(OCc1cc(=O)n2cc(Cl)ccc2n1)c1ccccc1Oc1cccnc1. The highest BCUT2D eigenvalue weighted by Gasteiger charge is 2.15. The van der Waals surface area contributed by atoms with Crippen molar-refractivity contribution < 1.29 is 14.3 Å². The average molecular weight is 408 g/mol. The molecule has 0 spiro atoms. The Morgan fingerprint density at radius 1 is 1.10 bits per heavy atom. The molecule has 29 heavy (non-hydrogen) atoms. The maximum atomic E-state index is 12.6. The minimum absolute atomic E-state index is 0.158. The Hall–Kier alpha value is -3.71. The predicted molar refractivity (Wildman–Crippen MR) is 106 cm³/mol. The lowest BCUT2D eigenvalue weighted by molar-refractivity contribution is 0.0465. The van der Waals surface area contributed by atoms with E-state index in [1.165, 1.54) is 16.7 Å². The van der Waals surface area contributed by atoms with Gasteiger partial charge in [-0.25, -0.2) is 9.78 Å². The molecule has 7 nitrogen and oxygen atoms in total. The minimum Gasteiger partial charge on any atom is -0.455 e. The van der Waals surface area contributed by atoms with Crippen LogP contribution in [0.3, 0.4) is 0 Å². The highest BCUT2D eigenvalue weighted by atomic mass is 35.5. The molecule has 3 heterocycles. The van der Waals surface area contributed by atoms with Gasteiger partial charge in [0, 0.05) is 18.5 Å². The van der Waals surface area contributed by atoms with Crippen LogP contribution in [-0.4, -0.2) is 20.3 Å². The molecular weight excluding hydrogens is 394 g/mol. The molecule has 0 unspecified atom stereocenters. The monoisotopic (exact) mass is 407 g/mol. The number of esters is 1. The number of hydrogen-bond acceptors (Lipinski definition) is 6. The Bertz CT molecular complexity index is 1240. The molecule has 0 aliphatic heterocycles. The summed E-state index contributed by atoms with van der Waals surface area (Å²) < 4.78 is 12.4. The molecule has 0 aliphatic rings. The lowest BCUT2D eigenvalue weighted by Crippen LogP contribution is -2.16. The fraction of sp³-hybridized carbons (Fsp3) is 0.0476. The first kappa shape index (κ1) is 18.6. The van der Waals surface area contributed by atoms with Crippen LogP contribution in [-0.2, 0) is 11.3 Å². The number of nitrogens with zero attached hydrogens (tertiary/aromatic N) is 3. The summed E-state index contributed by atoms with van der Waals surface area (Å²) in [4.78, 5) is 33.1. The maximum absolute atomic E-state index is 12.6. The van der Waals surface area contributed by atoms with Gasteiger partial charge in [0.2, 0.25) is 0 Å². The van der Waals surface area contributed by atoms with Gasteiger partial charge in [-0.1, -0.05) is 23.7 Å². The second kappa shape index (κ2) is 8.12. The van der Waals surface area contributed by atoms with Crippen LogP contribution >= 0.6 is 11.6 Å². The molecule has 0 atom stereocenters. The zero-order chi connectivity index (χ0) is 20.2. The Morgan fingerprint density at radius 3 is 2.79 bits per heavy atom. The van der Waals surface area contributed by atoms with Crippen LogP contribution < -0.4 is 10.3 Å². The molecule has 0 radical (unpaired) electrons. The Morgan fingerprint density at radius 2 is 1.97 bits per heavy atom. The van der Waals surface area contributed by atoms with E-state index < -0.39 is 5.97 Å². The lowest BCUT2D eigenvalue weighted by atomic mass is 10.2. The van der Waals surface area contributed by atoms with E-state index in [4.69, 9.17) is 21.1 Å². The van der Waals surface area contributed by atoms with Crippen molar-refractivity contribution in [1.29, 1.82) is 0 Å². The Kier molecular flexibility index (Phi) is 5.22. The average Bonchev–Trinajstić information content (AvgIpc) is 2.74. The summed E-state index contributed by atoms with van der Waals surface area (Å²) in [6.07, 6.45) is 4.65. The van der Waals surface area contributed by atoms with Gasteiger partial charge in [-0.2, -0.15) is 0 Å². The van der Waals surface area contributed by atoms with Crippen LogP contribution in [0.15, 0.2) is 78.0 Å². The molecule has 0 N–H and O–H groups in total. The summed E-state index contributed by atoms with van der Waals surface area (Å²) in [5, 5.41) is 0.422. The summed E-state index contributed by atoms with van der Waals surface area (Å²) in [5.74, 6) is 0.241. The number of carbonyl (C=O) groups is 1. The van der Waals surface area contributed by atoms with E-state index in [0.29, 0.717) is 27.9 Å². The molecule has 0 saturated heterocycles. The molecule has 1 aromatic carbocycles. The Labute approximate surface area is 170 Å². The third-order valence-corrected chi connectivity index (χ3v) is 4.22. The molecule has 0 saturated carbocycles. The molecule has 0 bridgehead atoms. The zero-order valence-corrected chi connectivity index (χ0v) is 15.7. The maximum Gasteiger partial charge on any atom is 0.342 e. The van der Waals surface area contributed by atoms with Crippen LogP contribution in [0.2, 0.25) is 5.02 Å².